The fourth-order valence-corrected chi connectivity index (χ4v) is 3.87. The molecule has 0 aliphatic heterocycles. The maximum Gasteiger partial charge on any atom is 0.340 e. The molecule has 1 saturated carbocycles. The number of benzene rings is 1. The zero-order valence-corrected chi connectivity index (χ0v) is 16.9. The van der Waals surface area contributed by atoms with Crippen LogP contribution in [0, 0.1) is 0 Å². The lowest BCUT2D eigenvalue weighted by molar-refractivity contribution is 0.00635. The molecule has 0 radical (unpaired) electrons. The molecule has 0 amide bonds. The maximum atomic E-state index is 12.7. The molecular weight excluding hydrogens is 354 g/mol. The molecule has 1 N–H and O–H groups in total. The number of rotatable bonds is 5. The van der Waals surface area contributed by atoms with E-state index >= 15 is 0 Å². The third-order valence-corrected chi connectivity index (χ3v) is 5.20. The maximum absolute atomic E-state index is 12.7. The number of aromatic amines is 1. The van der Waals surface area contributed by atoms with Gasteiger partial charge < -0.3 is 14.5 Å². The van der Waals surface area contributed by atoms with Crippen LogP contribution in [0.1, 0.15) is 79.3 Å². The highest BCUT2D eigenvalue weighted by Gasteiger charge is 2.40. The minimum Gasteiger partial charge on any atom is -0.461 e. The number of nitrogens with one attached hydrogen (secondary N) is 1. The molecule has 0 bridgehead atoms. The SMILES string of the molecule is CC(C)(C)OC(=O)c1cc[nH]c1C1(COC(=O)c2ccccc2)CCCCC1. The van der Waals surface area contributed by atoms with Gasteiger partial charge in [-0.3, -0.25) is 0 Å². The van der Waals surface area contributed by atoms with Crippen molar-refractivity contribution in [3.05, 3.63) is 59.4 Å². The summed E-state index contributed by atoms with van der Waals surface area (Å²) in [6, 6.07) is 10.8. The molecule has 1 aliphatic carbocycles. The number of esters is 2. The minimum atomic E-state index is -0.564. The Bertz CT molecular complexity index is 811. The average Bonchev–Trinajstić information content (AvgIpc) is 3.17. The number of aromatic nitrogens is 1. The van der Waals surface area contributed by atoms with E-state index in [-0.39, 0.29) is 18.5 Å². The summed E-state index contributed by atoms with van der Waals surface area (Å²) < 4.78 is 11.3. The molecule has 5 heteroatoms. The van der Waals surface area contributed by atoms with E-state index in [1.165, 1.54) is 0 Å². The van der Waals surface area contributed by atoms with Crippen molar-refractivity contribution in [2.75, 3.05) is 6.61 Å². The summed E-state index contributed by atoms with van der Waals surface area (Å²) >= 11 is 0. The highest BCUT2D eigenvalue weighted by Crippen LogP contribution is 2.41. The normalized spacial score (nSPS) is 16.4. The van der Waals surface area contributed by atoms with Gasteiger partial charge >= 0.3 is 11.9 Å². The molecule has 0 saturated heterocycles. The molecule has 1 aliphatic rings. The first kappa shape index (κ1) is 20.2. The standard InChI is InChI=1S/C23H29NO4/c1-22(2,3)28-21(26)18-12-15-24-19(18)23(13-8-5-9-14-23)16-27-20(25)17-10-6-4-7-11-17/h4,6-7,10-12,15,24H,5,8-9,13-14,16H2,1-3H3. The van der Waals surface area contributed by atoms with Gasteiger partial charge in [0.2, 0.25) is 0 Å². The molecule has 5 nitrogen and oxygen atoms in total. The van der Waals surface area contributed by atoms with Crippen molar-refractivity contribution in [1.29, 1.82) is 0 Å². The molecule has 150 valence electrons. The van der Waals surface area contributed by atoms with Crippen molar-refractivity contribution in [2.24, 2.45) is 0 Å². The Labute approximate surface area is 166 Å². The second-order valence-corrected chi connectivity index (χ2v) is 8.55. The number of hydrogen-bond donors (Lipinski definition) is 1. The molecule has 0 atom stereocenters. The van der Waals surface area contributed by atoms with Crippen LogP contribution < -0.4 is 0 Å². The molecule has 1 fully saturated rings. The topological polar surface area (TPSA) is 68.4 Å². The molecular formula is C23H29NO4. The number of hydrogen-bond acceptors (Lipinski definition) is 4. The smallest absolute Gasteiger partial charge is 0.340 e. The Hall–Kier alpha value is -2.56. The summed E-state index contributed by atoms with van der Waals surface area (Å²) in [5, 5.41) is 0. The summed E-state index contributed by atoms with van der Waals surface area (Å²) in [5.41, 5.74) is 0.936. The second kappa shape index (κ2) is 8.21. The lowest BCUT2D eigenvalue weighted by atomic mass is 9.71. The second-order valence-electron chi connectivity index (χ2n) is 8.55. The Balaban J connectivity index is 1.83. The zero-order valence-electron chi connectivity index (χ0n) is 16.9. The predicted molar refractivity (Wildman–Crippen MR) is 107 cm³/mol. The fourth-order valence-electron chi connectivity index (χ4n) is 3.87. The van der Waals surface area contributed by atoms with Gasteiger partial charge in [0.05, 0.1) is 11.1 Å². The zero-order chi connectivity index (χ0) is 20.2. The van der Waals surface area contributed by atoms with Crippen LogP contribution in [-0.4, -0.2) is 29.1 Å². The molecule has 2 aromatic rings. The third-order valence-electron chi connectivity index (χ3n) is 5.20. The first-order chi connectivity index (χ1) is 13.3. The molecule has 1 aromatic heterocycles. The minimum absolute atomic E-state index is 0.247. The quantitative estimate of drug-likeness (QED) is 0.735. The van der Waals surface area contributed by atoms with E-state index in [2.05, 4.69) is 4.98 Å². The summed E-state index contributed by atoms with van der Waals surface area (Å²) in [7, 11) is 0. The van der Waals surface area contributed by atoms with Crippen molar-refractivity contribution in [3.8, 4) is 0 Å². The van der Waals surface area contributed by atoms with Gasteiger partial charge in [-0.2, -0.15) is 0 Å². The molecule has 0 unspecified atom stereocenters. The highest BCUT2D eigenvalue weighted by molar-refractivity contribution is 5.92. The Morgan fingerprint density at radius 2 is 1.68 bits per heavy atom. The van der Waals surface area contributed by atoms with E-state index in [9.17, 15) is 9.59 Å². The largest absolute Gasteiger partial charge is 0.461 e. The predicted octanol–water partition coefficient (Wildman–Crippen LogP) is 5.03. The van der Waals surface area contributed by atoms with Gasteiger partial charge in [0.15, 0.2) is 0 Å². The summed E-state index contributed by atoms with van der Waals surface area (Å²) in [6.45, 7) is 5.82. The van der Waals surface area contributed by atoms with Gasteiger partial charge in [-0.05, 0) is 51.8 Å². The van der Waals surface area contributed by atoms with Crippen molar-refractivity contribution < 1.29 is 19.1 Å². The van der Waals surface area contributed by atoms with E-state index in [4.69, 9.17) is 9.47 Å². The van der Waals surface area contributed by atoms with E-state index in [0.29, 0.717) is 11.1 Å². The van der Waals surface area contributed by atoms with Crippen molar-refractivity contribution in [1.82, 2.24) is 4.98 Å². The van der Waals surface area contributed by atoms with E-state index in [1.54, 1.807) is 24.4 Å². The van der Waals surface area contributed by atoms with Gasteiger partial charge in [-0.25, -0.2) is 9.59 Å². The number of H-pyrrole nitrogens is 1. The van der Waals surface area contributed by atoms with E-state index in [1.807, 2.05) is 39.0 Å². The van der Waals surface area contributed by atoms with Gasteiger partial charge in [0.1, 0.15) is 12.2 Å². The first-order valence-electron chi connectivity index (χ1n) is 9.94. The van der Waals surface area contributed by atoms with Crippen LogP contribution in [0.15, 0.2) is 42.6 Å². The van der Waals surface area contributed by atoms with Gasteiger partial charge in [-0.15, -0.1) is 0 Å². The molecule has 3 rings (SSSR count). The molecule has 0 spiro atoms. The van der Waals surface area contributed by atoms with Crippen molar-refractivity contribution >= 4 is 11.9 Å². The van der Waals surface area contributed by atoms with Crippen LogP contribution in [0.4, 0.5) is 0 Å². The average molecular weight is 383 g/mol. The van der Waals surface area contributed by atoms with Gasteiger partial charge in [0, 0.05) is 17.3 Å². The van der Waals surface area contributed by atoms with Gasteiger partial charge in [0.25, 0.3) is 0 Å². The van der Waals surface area contributed by atoms with Crippen LogP contribution in [0.3, 0.4) is 0 Å². The fraction of sp³-hybridized carbons (Fsp3) is 0.478. The number of carbonyl (C=O) groups excluding carboxylic acids is 2. The van der Waals surface area contributed by atoms with Gasteiger partial charge in [-0.1, -0.05) is 37.5 Å². The van der Waals surface area contributed by atoms with Crippen LogP contribution in [0.5, 0.6) is 0 Å². The molecule has 1 aromatic carbocycles. The monoisotopic (exact) mass is 383 g/mol. The van der Waals surface area contributed by atoms with E-state index in [0.717, 1.165) is 37.8 Å². The summed E-state index contributed by atoms with van der Waals surface area (Å²) in [5.74, 6) is -0.681. The first-order valence-corrected chi connectivity index (χ1v) is 9.94. The van der Waals surface area contributed by atoms with Crippen LogP contribution in [0.2, 0.25) is 0 Å². The Morgan fingerprint density at radius 1 is 1.00 bits per heavy atom. The molecule has 1 heterocycles. The highest BCUT2D eigenvalue weighted by atomic mass is 16.6. The van der Waals surface area contributed by atoms with Crippen LogP contribution in [0.25, 0.3) is 0 Å². The lowest BCUT2D eigenvalue weighted by Gasteiger charge is -2.37. The Kier molecular flexibility index (Phi) is 5.92. The summed E-state index contributed by atoms with van der Waals surface area (Å²) in [4.78, 5) is 28.5. The Morgan fingerprint density at radius 3 is 2.32 bits per heavy atom. The third kappa shape index (κ3) is 4.64. The van der Waals surface area contributed by atoms with E-state index < -0.39 is 11.0 Å². The van der Waals surface area contributed by atoms with Crippen LogP contribution >= 0.6 is 0 Å². The van der Waals surface area contributed by atoms with Crippen LogP contribution in [-0.2, 0) is 14.9 Å². The number of carbonyl (C=O) groups is 2. The lowest BCUT2D eigenvalue weighted by Crippen LogP contribution is -2.37. The molecule has 28 heavy (non-hydrogen) atoms. The number of ether oxygens (including phenoxy) is 2. The van der Waals surface area contributed by atoms with Crippen molar-refractivity contribution in [2.45, 2.75) is 63.9 Å². The van der Waals surface area contributed by atoms with Crippen molar-refractivity contribution in [3.63, 3.8) is 0 Å². The summed E-state index contributed by atoms with van der Waals surface area (Å²) in [6.07, 6.45) is 6.73.